The summed E-state index contributed by atoms with van der Waals surface area (Å²) in [5.74, 6) is 0. The first kappa shape index (κ1) is 61.2. The van der Waals surface area contributed by atoms with E-state index in [4.69, 9.17) is 8.23 Å². The zero-order valence-corrected chi connectivity index (χ0v) is 45.4. The molecule has 0 spiro atoms. The summed E-state index contributed by atoms with van der Waals surface area (Å²) in [5.41, 5.74) is -24.2. The van der Waals surface area contributed by atoms with Crippen LogP contribution in [0.4, 0.5) is 52.7 Å². The molecule has 0 amide bonds. The normalized spacial score (nSPS) is 16.9. The van der Waals surface area contributed by atoms with Gasteiger partial charge in [-0.3, -0.25) is 0 Å². The van der Waals surface area contributed by atoms with E-state index in [0.29, 0.717) is 29.8 Å². The van der Waals surface area contributed by atoms with Crippen molar-refractivity contribution < 1.29 is 94.6 Å². The molecule has 0 aromatic rings. The van der Waals surface area contributed by atoms with E-state index in [0.717, 1.165) is 6.04 Å². The number of sulfone groups is 4. The SMILES string of the molecule is CC[Si](C)(CCCC(S(=O)(=O)C(F)(F)F)S(=O)(=O)C(F)(F)F)CC[Si](C)(C)O[Si](C)(C)O[Si](C)(C)CC[Si](C)(C)C[SiH](C)CCCC(S(=O)(=O)C(F)(F)F)S(=O)(=O)C(F)(F)F. The summed E-state index contributed by atoms with van der Waals surface area (Å²) in [6.07, 6.45) is -3.70. The Balaban J connectivity index is 5.60. The average Bonchev–Trinajstić information content (AvgIpc) is 2.99. The lowest BCUT2D eigenvalue weighted by molar-refractivity contribution is -0.0484. The maximum atomic E-state index is 13.2. The van der Waals surface area contributed by atoms with Crippen LogP contribution in [0.1, 0.15) is 32.6 Å². The van der Waals surface area contributed by atoms with Gasteiger partial charge in [-0.05, 0) is 64.2 Å². The summed E-state index contributed by atoms with van der Waals surface area (Å²) in [5, 5.41) is 0. The molecule has 0 aliphatic heterocycles. The maximum absolute atomic E-state index is 13.2. The number of halogens is 12. The van der Waals surface area contributed by atoms with Crippen molar-refractivity contribution in [2.24, 2.45) is 0 Å². The van der Waals surface area contributed by atoms with Crippen LogP contribution in [0.15, 0.2) is 0 Å². The molecule has 0 aliphatic carbocycles. The number of hydrogen-bond donors (Lipinski definition) is 0. The summed E-state index contributed by atoms with van der Waals surface area (Å²) in [7, 11) is -41.1. The fraction of sp³-hybridized carbons (Fsp3) is 1.00. The Hall–Kier alpha value is 0.181. The van der Waals surface area contributed by atoms with E-state index >= 15 is 0 Å². The fourth-order valence-corrected chi connectivity index (χ4v) is 48.3. The van der Waals surface area contributed by atoms with Crippen LogP contribution in [0.2, 0.25) is 113 Å². The predicted molar refractivity (Wildman–Crippen MR) is 227 cm³/mol. The molecule has 2 atom stereocenters. The highest BCUT2D eigenvalue weighted by Crippen LogP contribution is 2.41. The minimum atomic E-state index is -6.71. The quantitative estimate of drug-likeness (QED) is 0.0637. The molecule has 0 saturated carbocycles. The summed E-state index contributed by atoms with van der Waals surface area (Å²) < 4.78 is 259. The van der Waals surface area contributed by atoms with Gasteiger partial charge in [0, 0.05) is 24.9 Å². The van der Waals surface area contributed by atoms with Gasteiger partial charge in [-0.25, -0.2) is 33.7 Å². The molecule has 0 fully saturated rings. The fourth-order valence-electron chi connectivity index (χ4n) is 7.20. The number of alkyl halides is 12. The molecule has 368 valence electrons. The minimum absolute atomic E-state index is 0.0596. The molecule has 0 aromatic carbocycles. The topological polar surface area (TPSA) is 155 Å². The Morgan fingerprint density at radius 1 is 0.492 bits per heavy atom. The van der Waals surface area contributed by atoms with Crippen LogP contribution in [0.5, 0.6) is 0 Å². The first-order valence-corrected chi connectivity index (χ1v) is 43.6. The highest BCUT2D eigenvalue weighted by atomic mass is 32.3. The van der Waals surface area contributed by atoms with Crippen LogP contribution in [0, 0.1) is 0 Å². The third kappa shape index (κ3) is 17.7. The van der Waals surface area contributed by atoms with Crippen molar-refractivity contribution in [2.75, 3.05) is 0 Å². The summed E-state index contributed by atoms with van der Waals surface area (Å²) >= 11 is 0. The van der Waals surface area contributed by atoms with Gasteiger partial charge in [-0.1, -0.05) is 81.8 Å². The molecule has 2 unspecified atom stereocenters. The van der Waals surface area contributed by atoms with E-state index in [1.807, 2.05) is 52.4 Å². The van der Waals surface area contributed by atoms with Crippen LogP contribution in [-0.4, -0.2) is 115 Å². The van der Waals surface area contributed by atoms with Gasteiger partial charge in [0.1, 0.15) is 0 Å². The molecule has 0 N–H and O–H groups in total. The Labute approximate surface area is 359 Å². The van der Waals surface area contributed by atoms with Gasteiger partial charge in [0.15, 0.2) is 25.8 Å². The van der Waals surface area contributed by atoms with Crippen molar-refractivity contribution in [3.05, 3.63) is 0 Å². The van der Waals surface area contributed by atoms with Crippen molar-refractivity contribution in [3.8, 4) is 0 Å². The Morgan fingerprint density at radius 2 is 0.803 bits per heavy atom. The maximum Gasteiger partial charge on any atom is 0.498 e. The summed E-state index contributed by atoms with van der Waals surface area (Å²) in [6, 6.07) is 3.11. The molecule has 0 rings (SSSR count). The van der Waals surface area contributed by atoms with Crippen molar-refractivity contribution >= 4 is 89.5 Å². The molecule has 10 nitrogen and oxygen atoms in total. The first-order chi connectivity index (χ1) is 26.5. The van der Waals surface area contributed by atoms with Crippen LogP contribution in [-0.2, 0) is 47.6 Å². The Bertz CT molecular complexity index is 1820. The van der Waals surface area contributed by atoms with E-state index in [9.17, 15) is 86.4 Å². The number of hydrogen-bond acceptors (Lipinski definition) is 10. The van der Waals surface area contributed by atoms with Crippen LogP contribution in [0.25, 0.3) is 0 Å². The molecule has 0 aliphatic rings. The van der Waals surface area contributed by atoms with Gasteiger partial charge in [0.25, 0.3) is 39.3 Å². The third-order valence-electron chi connectivity index (χ3n) is 10.6. The Kier molecular flexibility index (Phi) is 20.6. The molecule has 0 radical (unpaired) electrons. The van der Waals surface area contributed by atoms with Crippen molar-refractivity contribution in [1.82, 2.24) is 0 Å². The van der Waals surface area contributed by atoms with E-state index < -0.39 is 146 Å². The molecule has 0 bridgehead atoms. The van der Waals surface area contributed by atoms with E-state index in [2.05, 4.69) is 13.1 Å². The van der Waals surface area contributed by atoms with Gasteiger partial charge >= 0.3 is 30.6 Å². The lowest BCUT2D eigenvalue weighted by Crippen LogP contribution is -2.53. The Morgan fingerprint density at radius 3 is 1.11 bits per heavy atom. The second-order valence-electron chi connectivity index (χ2n) is 18.4. The van der Waals surface area contributed by atoms with Gasteiger partial charge in [-0.2, -0.15) is 52.7 Å². The van der Waals surface area contributed by atoms with Crippen LogP contribution < -0.4 is 0 Å². The minimum Gasteiger partial charge on any atom is -0.437 e. The van der Waals surface area contributed by atoms with E-state index in [1.165, 1.54) is 0 Å². The molecule has 0 heterocycles. The average molecular weight is 1090 g/mol. The highest BCUT2D eigenvalue weighted by Gasteiger charge is 2.64. The van der Waals surface area contributed by atoms with E-state index in [-0.39, 0.29) is 12.1 Å². The number of rotatable bonds is 25. The lowest BCUT2D eigenvalue weighted by atomic mass is 10.4. The van der Waals surface area contributed by atoms with Crippen LogP contribution in [0.3, 0.4) is 0 Å². The first-order valence-electron chi connectivity index (χ1n) is 19.1. The predicted octanol–water partition coefficient (Wildman–Crippen LogP) is 10.3. The van der Waals surface area contributed by atoms with Crippen molar-refractivity contribution in [2.45, 2.75) is 177 Å². The zero-order chi connectivity index (χ0) is 49.1. The molecule has 0 saturated heterocycles. The monoisotopic (exact) mass is 1090 g/mol. The molecule has 0 aromatic heterocycles. The van der Waals surface area contributed by atoms with E-state index in [1.54, 1.807) is 6.92 Å². The molecule has 32 heteroatoms. The van der Waals surface area contributed by atoms with Gasteiger partial charge in [0.05, 0.1) is 0 Å². The highest BCUT2D eigenvalue weighted by molar-refractivity contribution is 8.10. The zero-order valence-electron chi connectivity index (χ0n) is 36.0. The molecular formula is C29H60F12O10S4Si6. The van der Waals surface area contributed by atoms with Gasteiger partial charge in [0.2, 0.25) is 0 Å². The standard InChI is InChI=1S/C29H60F12O10S4Si6/c1-12-61(11,18-14-16-25(54(46,47)28(36,37)38)55(48,49)29(39,40)41)22-21-59(7,8)51-60(9,10)50-58(5,6)20-19-57(3,4)23-56(2)17-13-15-24(52(42,43)26(30,31)32)53(44,45)27(33,34)35/h24-25,56H,12-23H2,1-11H3. The van der Waals surface area contributed by atoms with Crippen LogP contribution >= 0.6 is 0 Å². The van der Waals surface area contributed by atoms with Gasteiger partial charge < -0.3 is 8.23 Å². The second kappa shape index (κ2) is 20.6. The summed E-state index contributed by atoms with van der Waals surface area (Å²) in [6.45, 7) is 21.1. The third-order valence-corrected chi connectivity index (χ3v) is 47.1. The van der Waals surface area contributed by atoms with Crippen molar-refractivity contribution in [3.63, 3.8) is 0 Å². The molecule has 61 heavy (non-hydrogen) atoms. The molecular weight excluding hydrogens is 1030 g/mol. The summed E-state index contributed by atoms with van der Waals surface area (Å²) in [4.78, 5) is 0. The smallest absolute Gasteiger partial charge is 0.437 e. The largest absolute Gasteiger partial charge is 0.498 e. The van der Waals surface area contributed by atoms with Crippen molar-refractivity contribution in [1.29, 1.82) is 0 Å². The second-order valence-corrected chi connectivity index (χ2v) is 54.5. The van der Waals surface area contributed by atoms with Gasteiger partial charge in [-0.15, -0.1) is 0 Å². The lowest BCUT2D eigenvalue weighted by Gasteiger charge is -2.40.